The van der Waals surface area contributed by atoms with E-state index in [0.29, 0.717) is 41.0 Å². The Hall–Kier alpha value is -2.78. The summed E-state index contributed by atoms with van der Waals surface area (Å²) in [5, 5.41) is 0. The van der Waals surface area contributed by atoms with Crippen molar-refractivity contribution in [1.29, 1.82) is 0 Å². The van der Waals surface area contributed by atoms with Gasteiger partial charge >= 0.3 is 6.61 Å². The Balaban J connectivity index is 1.42. The lowest BCUT2D eigenvalue weighted by Crippen LogP contribution is -2.41. The fourth-order valence-electron chi connectivity index (χ4n) is 4.34. The molecule has 2 aromatic carbocycles. The number of ether oxygens (including phenoxy) is 2. The fraction of sp³-hybridized carbons (Fsp3) is 0.375. The van der Waals surface area contributed by atoms with Crippen LogP contribution in [0.2, 0.25) is 0 Å². The topological polar surface area (TPSA) is 72.9 Å². The summed E-state index contributed by atoms with van der Waals surface area (Å²) in [4.78, 5) is 13.1. The van der Waals surface area contributed by atoms with Crippen molar-refractivity contribution >= 4 is 21.9 Å². The summed E-state index contributed by atoms with van der Waals surface area (Å²) in [6.45, 7) is -2.35. The monoisotopic (exact) mass is 477 g/mol. The number of benzene rings is 2. The predicted octanol–water partition coefficient (Wildman–Crippen LogP) is 4.51. The van der Waals surface area contributed by atoms with Gasteiger partial charge in [-0.2, -0.15) is 13.1 Å². The number of hydrogen-bond acceptors (Lipinski definition) is 5. The molecule has 1 saturated heterocycles. The second-order valence-corrected chi connectivity index (χ2v) is 10.1. The zero-order valence-corrected chi connectivity index (χ0v) is 19.0. The Morgan fingerprint density at radius 1 is 1.03 bits per heavy atom. The Morgan fingerprint density at radius 2 is 1.70 bits per heavy atom. The molecule has 33 heavy (non-hydrogen) atoms. The number of Topliss-reactive ketones (excluding diaryl/α,β-unsaturated/α-hetero) is 1. The van der Waals surface area contributed by atoms with E-state index < -0.39 is 16.6 Å². The molecule has 0 spiro atoms. The van der Waals surface area contributed by atoms with Gasteiger partial charge in [-0.3, -0.25) is 4.79 Å². The highest BCUT2D eigenvalue weighted by atomic mass is 32.2. The molecule has 1 aliphatic carbocycles. The molecule has 1 aliphatic heterocycles. The van der Waals surface area contributed by atoms with E-state index in [-0.39, 0.29) is 37.0 Å². The summed E-state index contributed by atoms with van der Waals surface area (Å²) in [5.74, 6) is 0.529. The van der Waals surface area contributed by atoms with Gasteiger partial charge < -0.3 is 9.47 Å². The van der Waals surface area contributed by atoms with Crippen molar-refractivity contribution < 1.29 is 31.5 Å². The van der Waals surface area contributed by atoms with Gasteiger partial charge in [-0.15, -0.1) is 0 Å². The highest BCUT2D eigenvalue weighted by molar-refractivity contribution is 7.93. The third-order valence-corrected chi connectivity index (χ3v) is 8.20. The summed E-state index contributed by atoms with van der Waals surface area (Å²) in [6, 6.07) is 11.5. The van der Waals surface area contributed by atoms with E-state index in [0.717, 1.165) is 5.56 Å². The van der Waals surface area contributed by atoms with Crippen molar-refractivity contribution in [1.82, 2.24) is 4.31 Å². The molecule has 6 nitrogen and oxygen atoms in total. The van der Waals surface area contributed by atoms with Crippen molar-refractivity contribution in [2.75, 3.05) is 20.2 Å². The average molecular weight is 478 g/mol. The van der Waals surface area contributed by atoms with Crippen LogP contribution in [-0.4, -0.2) is 45.3 Å². The van der Waals surface area contributed by atoms with Crippen LogP contribution in [0, 0.1) is 5.92 Å². The number of allylic oxidation sites excluding steroid dienone is 1. The molecule has 1 heterocycles. The van der Waals surface area contributed by atoms with Crippen molar-refractivity contribution in [2.24, 2.45) is 5.92 Å². The summed E-state index contributed by atoms with van der Waals surface area (Å²) < 4.78 is 62.3. The molecule has 0 aromatic heterocycles. The van der Waals surface area contributed by atoms with Gasteiger partial charge in [0, 0.05) is 24.6 Å². The Labute approximate surface area is 191 Å². The number of aryl methyl sites for hydroxylation is 1. The molecule has 0 bridgehead atoms. The standard InChI is InChI=1S/C24H25F2NO5S/c1-31-20-6-2-16(3-7-20)23(28)17-10-12-27(13-11-17)33(29,30)22-9-5-18-14-21(32-24(25)26)8-4-19(18)15-22/h2-4,6-8,14-15,17,24H,5,9-13H2,1H3. The second kappa shape index (κ2) is 9.61. The molecular formula is C24H25F2NO5S. The first-order chi connectivity index (χ1) is 15.8. The van der Waals surface area contributed by atoms with Gasteiger partial charge in [-0.25, -0.2) is 8.42 Å². The van der Waals surface area contributed by atoms with Gasteiger partial charge in [0.05, 0.1) is 12.0 Å². The van der Waals surface area contributed by atoms with E-state index in [1.807, 2.05) is 0 Å². The van der Waals surface area contributed by atoms with E-state index in [1.54, 1.807) is 43.5 Å². The number of fused-ring (bicyclic) bond motifs is 1. The van der Waals surface area contributed by atoms with Crippen molar-refractivity contribution in [3.05, 3.63) is 64.1 Å². The van der Waals surface area contributed by atoms with E-state index in [1.165, 1.54) is 16.4 Å². The first-order valence-corrected chi connectivity index (χ1v) is 12.2. The molecule has 0 unspecified atom stereocenters. The Kier molecular flexibility index (Phi) is 6.81. The minimum atomic E-state index is -3.66. The smallest absolute Gasteiger partial charge is 0.387 e. The molecule has 2 aromatic rings. The highest BCUT2D eigenvalue weighted by Gasteiger charge is 2.34. The van der Waals surface area contributed by atoms with Crippen molar-refractivity contribution in [3.63, 3.8) is 0 Å². The van der Waals surface area contributed by atoms with Gasteiger partial charge in [0.25, 0.3) is 0 Å². The zero-order chi connectivity index (χ0) is 23.6. The van der Waals surface area contributed by atoms with Gasteiger partial charge in [-0.1, -0.05) is 6.07 Å². The predicted molar refractivity (Wildman–Crippen MR) is 120 cm³/mol. The number of rotatable bonds is 7. The Bertz CT molecular complexity index is 1150. The molecule has 4 rings (SSSR count). The summed E-state index contributed by atoms with van der Waals surface area (Å²) in [7, 11) is -2.10. The zero-order valence-electron chi connectivity index (χ0n) is 18.2. The highest BCUT2D eigenvalue weighted by Crippen LogP contribution is 2.33. The minimum Gasteiger partial charge on any atom is -0.497 e. The summed E-state index contributed by atoms with van der Waals surface area (Å²) >= 11 is 0. The van der Waals surface area contributed by atoms with Gasteiger partial charge in [0.2, 0.25) is 10.0 Å². The fourth-order valence-corrected chi connectivity index (χ4v) is 6.00. The lowest BCUT2D eigenvalue weighted by Gasteiger charge is -2.32. The van der Waals surface area contributed by atoms with E-state index in [4.69, 9.17) is 4.74 Å². The number of carbonyl (C=O) groups excluding carboxylic acids is 1. The molecule has 1 fully saturated rings. The maximum absolute atomic E-state index is 13.2. The molecule has 0 atom stereocenters. The van der Waals surface area contributed by atoms with Gasteiger partial charge in [0.15, 0.2) is 5.78 Å². The third-order valence-electron chi connectivity index (χ3n) is 6.17. The van der Waals surface area contributed by atoms with Crippen LogP contribution in [-0.2, 0) is 16.4 Å². The van der Waals surface area contributed by atoms with Crippen LogP contribution in [0.3, 0.4) is 0 Å². The molecule has 0 amide bonds. The average Bonchev–Trinajstić information content (AvgIpc) is 2.83. The molecular weight excluding hydrogens is 452 g/mol. The van der Waals surface area contributed by atoms with Crippen LogP contribution in [0.25, 0.3) is 6.08 Å². The molecule has 0 radical (unpaired) electrons. The normalized spacial score (nSPS) is 17.4. The van der Waals surface area contributed by atoms with Crippen LogP contribution in [0.5, 0.6) is 11.5 Å². The van der Waals surface area contributed by atoms with Crippen molar-refractivity contribution in [3.8, 4) is 11.5 Å². The van der Waals surface area contributed by atoms with Crippen LogP contribution in [0.4, 0.5) is 8.78 Å². The lowest BCUT2D eigenvalue weighted by atomic mass is 9.89. The molecule has 0 saturated carbocycles. The van der Waals surface area contributed by atoms with Crippen molar-refractivity contribution in [2.45, 2.75) is 32.3 Å². The van der Waals surface area contributed by atoms with E-state index in [2.05, 4.69) is 4.74 Å². The number of alkyl halides is 2. The van der Waals surface area contributed by atoms with Crippen LogP contribution >= 0.6 is 0 Å². The van der Waals surface area contributed by atoms with E-state index in [9.17, 15) is 22.0 Å². The largest absolute Gasteiger partial charge is 0.497 e. The van der Waals surface area contributed by atoms with Gasteiger partial charge in [0.1, 0.15) is 11.5 Å². The lowest BCUT2D eigenvalue weighted by molar-refractivity contribution is -0.0498. The number of piperidine rings is 1. The number of methoxy groups -OCH3 is 1. The summed E-state index contributed by atoms with van der Waals surface area (Å²) in [5.41, 5.74) is 2.06. The summed E-state index contributed by atoms with van der Waals surface area (Å²) in [6.07, 6.45) is 3.24. The first-order valence-electron chi connectivity index (χ1n) is 10.7. The molecule has 2 aliphatic rings. The molecule has 0 N–H and O–H groups in total. The van der Waals surface area contributed by atoms with Crippen LogP contribution in [0.15, 0.2) is 47.4 Å². The maximum Gasteiger partial charge on any atom is 0.387 e. The molecule has 176 valence electrons. The number of ketones is 1. The number of carbonyl (C=O) groups is 1. The quantitative estimate of drug-likeness (QED) is 0.549. The minimum absolute atomic E-state index is 0.0160. The van der Waals surface area contributed by atoms with Crippen LogP contribution < -0.4 is 9.47 Å². The van der Waals surface area contributed by atoms with Crippen LogP contribution in [0.1, 0.15) is 40.7 Å². The Morgan fingerprint density at radius 3 is 2.33 bits per heavy atom. The number of sulfonamides is 1. The number of hydrogen-bond donors (Lipinski definition) is 0. The first kappa shape index (κ1) is 23.4. The van der Waals surface area contributed by atoms with E-state index >= 15 is 0 Å². The SMILES string of the molecule is COc1ccc(C(=O)C2CCN(S(=O)(=O)C3=Cc4ccc(OC(F)F)cc4CC3)CC2)cc1. The number of halogens is 2. The second-order valence-electron chi connectivity index (χ2n) is 8.12. The van der Waals surface area contributed by atoms with Gasteiger partial charge in [-0.05, 0) is 79.3 Å². The number of nitrogens with zero attached hydrogens (tertiary/aromatic N) is 1. The molecule has 9 heteroatoms. The maximum atomic E-state index is 13.2. The third kappa shape index (κ3) is 5.09.